The van der Waals surface area contributed by atoms with Gasteiger partial charge < -0.3 is 10.6 Å². The summed E-state index contributed by atoms with van der Waals surface area (Å²) >= 11 is 11.7. The van der Waals surface area contributed by atoms with Crippen LogP contribution in [0.4, 0.5) is 5.69 Å². The number of benzene rings is 1. The lowest BCUT2D eigenvalue weighted by Crippen LogP contribution is -2.43. The van der Waals surface area contributed by atoms with Crippen LogP contribution >= 0.6 is 23.2 Å². The molecule has 0 radical (unpaired) electrons. The molecule has 1 aliphatic rings. The molecule has 1 amide bonds. The summed E-state index contributed by atoms with van der Waals surface area (Å²) in [5.74, 6) is -0.0110. The van der Waals surface area contributed by atoms with Crippen LogP contribution in [-0.4, -0.2) is 18.5 Å². The van der Waals surface area contributed by atoms with Gasteiger partial charge in [0.1, 0.15) is 0 Å². The van der Waals surface area contributed by atoms with Crippen LogP contribution in [0.1, 0.15) is 19.3 Å². The summed E-state index contributed by atoms with van der Waals surface area (Å²) in [6.45, 7) is 0.902. The summed E-state index contributed by atoms with van der Waals surface area (Å²) in [4.78, 5) is 11.9. The number of piperidine rings is 1. The number of amides is 1. The van der Waals surface area contributed by atoms with Crippen LogP contribution in [0.5, 0.6) is 0 Å². The van der Waals surface area contributed by atoms with Crippen molar-refractivity contribution in [3.05, 3.63) is 28.2 Å². The first-order valence-corrected chi connectivity index (χ1v) is 6.42. The third-order valence-electron chi connectivity index (χ3n) is 2.81. The summed E-state index contributed by atoms with van der Waals surface area (Å²) in [5, 5.41) is 6.96. The fourth-order valence-corrected chi connectivity index (χ4v) is 2.18. The van der Waals surface area contributed by atoms with Gasteiger partial charge in [0.25, 0.3) is 0 Å². The number of carbonyl (C=O) groups is 1. The Kier molecular flexibility index (Phi) is 4.26. The molecule has 2 rings (SSSR count). The first kappa shape index (κ1) is 12.7. The van der Waals surface area contributed by atoms with Crippen molar-refractivity contribution < 1.29 is 4.79 Å². The first-order chi connectivity index (χ1) is 8.16. The Balaban J connectivity index is 1.99. The smallest absolute Gasteiger partial charge is 0.241 e. The molecular weight excluding hydrogens is 259 g/mol. The SMILES string of the molecule is O=C(Nc1ccc(Cl)c(Cl)c1)[C@@H]1CCCCN1. The van der Waals surface area contributed by atoms with Crippen LogP contribution < -0.4 is 10.6 Å². The Labute approximate surface area is 110 Å². The predicted octanol–water partition coefficient (Wildman–Crippen LogP) is 3.07. The molecule has 1 aromatic rings. The molecule has 1 fully saturated rings. The highest BCUT2D eigenvalue weighted by molar-refractivity contribution is 6.42. The van der Waals surface area contributed by atoms with E-state index in [9.17, 15) is 4.79 Å². The molecule has 0 saturated carbocycles. The van der Waals surface area contributed by atoms with Crippen molar-refractivity contribution in [2.24, 2.45) is 0 Å². The Morgan fingerprint density at radius 1 is 1.29 bits per heavy atom. The minimum Gasteiger partial charge on any atom is -0.325 e. The maximum absolute atomic E-state index is 11.9. The minimum absolute atomic E-state index is 0.0110. The van der Waals surface area contributed by atoms with E-state index in [-0.39, 0.29) is 11.9 Å². The van der Waals surface area contributed by atoms with Gasteiger partial charge in [-0.15, -0.1) is 0 Å². The summed E-state index contributed by atoms with van der Waals surface area (Å²) in [6, 6.07) is 4.98. The number of anilines is 1. The van der Waals surface area contributed by atoms with Crippen LogP contribution in [0.3, 0.4) is 0 Å². The third-order valence-corrected chi connectivity index (χ3v) is 3.55. The van der Waals surface area contributed by atoms with Crippen LogP contribution in [-0.2, 0) is 4.79 Å². The molecule has 17 heavy (non-hydrogen) atoms. The average molecular weight is 273 g/mol. The topological polar surface area (TPSA) is 41.1 Å². The van der Waals surface area contributed by atoms with Crippen molar-refractivity contribution in [3.8, 4) is 0 Å². The predicted molar refractivity (Wildman–Crippen MR) is 70.7 cm³/mol. The molecule has 0 unspecified atom stereocenters. The largest absolute Gasteiger partial charge is 0.325 e. The number of carbonyl (C=O) groups excluding carboxylic acids is 1. The molecule has 92 valence electrons. The second-order valence-electron chi connectivity index (χ2n) is 4.12. The lowest BCUT2D eigenvalue weighted by atomic mass is 10.0. The minimum atomic E-state index is -0.0989. The lowest BCUT2D eigenvalue weighted by molar-refractivity contribution is -0.118. The van der Waals surface area contributed by atoms with Crippen molar-refractivity contribution in [3.63, 3.8) is 0 Å². The normalized spacial score (nSPS) is 20.0. The summed E-state index contributed by atoms with van der Waals surface area (Å²) < 4.78 is 0. The van der Waals surface area contributed by atoms with E-state index in [2.05, 4.69) is 10.6 Å². The summed E-state index contributed by atoms with van der Waals surface area (Å²) in [7, 11) is 0. The molecule has 1 heterocycles. The fourth-order valence-electron chi connectivity index (χ4n) is 1.88. The monoisotopic (exact) mass is 272 g/mol. The number of nitrogens with one attached hydrogen (secondary N) is 2. The standard InChI is InChI=1S/C12H14Cl2N2O/c13-9-5-4-8(7-10(9)14)16-12(17)11-3-1-2-6-15-11/h4-5,7,11,15H,1-3,6H2,(H,16,17)/t11-/m0/s1. The molecular formula is C12H14Cl2N2O. The van der Waals surface area contributed by atoms with Crippen LogP contribution in [0, 0.1) is 0 Å². The molecule has 1 aromatic carbocycles. The molecule has 0 aromatic heterocycles. The Morgan fingerprint density at radius 2 is 2.12 bits per heavy atom. The quantitative estimate of drug-likeness (QED) is 0.869. The zero-order valence-corrected chi connectivity index (χ0v) is 10.8. The second kappa shape index (κ2) is 5.71. The molecule has 0 spiro atoms. The number of hydrogen-bond acceptors (Lipinski definition) is 2. The number of hydrogen-bond donors (Lipinski definition) is 2. The van der Waals surface area contributed by atoms with E-state index >= 15 is 0 Å². The highest BCUT2D eigenvalue weighted by atomic mass is 35.5. The van der Waals surface area contributed by atoms with Crippen LogP contribution in [0.25, 0.3) is 0 Å². The second-order valence-corrected chi connectivity index (χ2v) is 4.94. The van der Waals surface area contributed by atoms with E-state index in [1.165, 1.54) is 0 Å². The lowest BCUT2D eigenvalue weighted by Gasteiger charge is -2.22. The van der Waals surface area contributed by atoms with Crippen LogP contribution in [0.15, 0.2) is 18.2 Å². The van der Waals surface area contributed by atoms with Crippen molar-refractivity contribution >= 4 is 34.8 Å². The van der Waals surface area contributed by atoms with Gasteiger partial charge in [-0.1, -0.05) is 29.6 Å². The van der Waals surface area contributed by atoms with Gasteiger partial charge in [0.15, 0.2) is 0 Å². The maximum Gasteiger partial charge on any atom is 0.241 e. The Hall–Kier alpha value is -0.770. The van der Waals surface area contributed by atoms with Gasteiger partial charge in [0.05, 0.1) is 16.1 Å². The van der Waals surface area contributed by atoms with E-state index in [1.807, 2.05) is 0 Å². The van der Waals surface area contributed by atoms with Crippen molar-refractivity contribution in [1.82, 2.24) is 5.32 Å². The zero-order chi connectivity index (χ0) is 12.3. The average Bonchev–Trinajstić information content (AvgIpc) is 2.35. The van der Waals surface area contributed by atoms with E-state index in [0.29, 0.717) is 15.7 Å². The van der Waals surface area contributed by atoms with Gasteiger partial charge in [-0.3, -0.25) is 4.79 Å². The highest BCUT2D eigenvalue weighted by Gasteiger charge is 2.20. The summed E-state index contributed by atoms with van der Waals surface area (Å²) in [6.07, 6.45) is 3.11. The fraction of sp³-hybridized carbons (Fsp3) is 0.417. The van der Waals surface area contributed by atoms with Crippen LogP contribution in [0.2, 0.25) is 10.0 Å². The summed E-state index contributed by atoms with van der Waals surface area (Å²) in [5.41, 5.74) is 0.678. The van der Waals surface area contributed by atoms with Crippen molar-refractivity contribution in [1.29, 1.82) is 0 Å². The molecule has 1 atom stereocenters. The van der Waals surface area contributed by atoms with E-state index < -0.39 is 0 Å². The third kappa shape index (κ3) is 3.35. The molecule has 3 nitrogen and oxygen atoms in total. The van der Waals surface area contributed by atoms with E-state index in [1.54, 1.807) is 18.2 Å². The van der Waals surface area contributed by atoms with Crippen molar-refractivity contribution in [2.45, 2.75) is 25.3 Å². The molecule has 1 aliphatic heterocycles. The molecule has 2 N–H and O–H groups in total. The maximum atomic E-state index is 11.9. The van der Waals surface area contributed by atoms with Gasteiger partial charge in [0.2, 0.25) is 5.91 Å². The van der Waals surface area contributed by atoms with Gasteiger partial charge >= 0.3 is 0 Å². The van der Waals surface area contributed by atoms with Gasteiger partial charge in [0, 0.05) is 5.69 Å². The van der Waals surface area contributed by atoms with Crippen molar-refractivity contribution in [2.75, 3.05) is 11.9 Å². The molecule has 1 saturated heterocycles. The van der Waals surface area contributed by atoms with Gasteiger partial charge in [-0.05, 0) is 37.6 Å². The number of halogens is 2. The first-order valence-electron chi connectivity index (χ1n) is 5.66. The van der Waals surface area contributed by atoms with E-state index in [0.717, 1.165) is 25.8 Å². The molecule has 0 aliphatic carbocycles. The molecule has 0 bridgehead atoms. The number of rotatable bonds is 2. The molecule has 5 heteroatoms. The Bertz CT molecular complexity index is 417. The highest BCUT2D eigenvalue weighted by Crippen LogP contribution is 2.25. The van der Waals surface area contributed by atoms with Gasteiger partial charge in [-0.2, -0.15) is 0 Å². The Morgan fingerprint density at radius 3 is 2.76 bits per heavy atom. The van der Waals surface area contributed by atoms with E-state index in [4.69, 9.17) is 23.2 Å². The zero-order valence-electron chi connectivity index (χ0n) is 9.30. The van der Waals surface area contributed by atoms with Gasteiger partial charge in [-0.25, -0.2) is 0 Å².